The van der Waals surface area contributed by atoms with E-state index in [0.29, 0.717) is 0 Å². The number of nitrogens with one attached hydrogen (secondary N) is 1. The molecular weight excluding hydrogens is 218 g/mol. The molecule has 0 radical (unpaired) electrons. The quantitative estimate of drug-likeness (QED) is 0.720. The monoisotopic (exact) mass is 245 g/mol. The topological polar surface area (TPSA) is 18.5 Å². The molecule has 1 N–H and O–H groups in total. The van der Waals surface area contributed by atoms with Crippen molar-refractivity contribution < 1.29 is 0 Å². The van der Waals surface area contributed by atoms with E-state index in [1.54, 1.807) is 0 Å². The van der Waals surface area contributed by atoms with Gasteiger partial charge < -0.3 is 10.2 Å². The van der Waals surface area contributed by atoms with Gasteiger partial charge in [0.25, 0.3) is 0 Å². The van der Waals surface area contributed by atoms with E-state index >= 15 is 0 Å². The van der Waals surface area contributed by atoms with Gasteiger partial charge in [-0.1, -0.05) is 0 Å². The van der Waals surface area contributed by atoms with Gasteiger partial charge in [0.2, 0.25) is 0 Å². The number of thioether (sulfide) groups is 1. The van der Waals surface area contributed by atoms with E-state index in [1.165, 1.54) is 38.4 Å². The van der Waals surface area contributed by atoms with Crippen molar-refractivity contribution >= 4 is 11.8 Å². The van der Waals surface area contributed by atoms with Crippen LogP contribution in [0.1, 0.15) is 13.3 Å². The average Bonchev–Trinajstić information content (AvgIpc) is 2.34. The SMILES string of the molecule is CSCCC(C)N(C)CCN1CCNCC1. The Balaban J connectivity index is 2.10. The molecule has 16 heavy (non-hydrogen) atoms. The summed E-state index contributed by atoms with van der Waals surface area (Å²) < 4.78 is 0. The summed E-state index contributed by atoms with van der Waals surface area (Å²) in [6.07, 6.45) is 3.49. The van der Waals surface area contributed by atoms with Gasteiger partial charge in [-0.2, -0.15) is 11.8 Å². The van der Waals surface area contributed by atoms with Gasteiger partial charge >= 0.3 is 0 Å². The fourth-order valence-corrected chi connectivity index (χ4v) is 2.54. The molecule has 1 rings (SSSR count). The maximum absolute atomic E-state index is 3.39. The second-order valence-corrected chi connectivity index (χ2v) is 5.69. The van der Waals surface area contributed by atoms with Crippen LogP contribution < -0.4 is 5.32 Å². The highest BCUT2D eigenvalue weighted by molar-refractivity contribution is 7.98. The molecule has 1 heterocycles. The summed E-state index contributed by atoms with van der Waals surface area (Å²) in [5, 5.41) is 3.39. The Morgan fingerprint density at radius 3 is 2.69 bits per heavy atom. The van der Waals surface area contributed by atoms with Crippen LogP contribution >= 0.6 is 11.8 Å². The summed E-state index contributed by atoms with van der Waals surface area (Å²) in [7, 11) is 2.26. The van der Waals surface area contributed by atoms with Gasteiger partial charge in [-0.15, -0.1) is 0 Å². The second kappa shape index (κ2) is 8.34. The van der Waals surface area contributed by atoms with E-state index in [9.17, 15) is 0 Å². The highest BCUT2D eigenvalue weighted by atomic mass is 32.2. The Morgan fingerprint density at radius 2 is 2.06 bits per heavy atom. The van der Waals surface area contributed by atoms with E-state index in [1.807, 2.05) is 11.8 Å². The molecule has 0 spiro atoms. The van der Waals surface area contributed by atoms with Crippen molar-refractivity contribution in [3.63, 3.8) is 0 Å². The highest BCUT2D eigenvalue weighted by Crippen LogP contribution is 2.06. The van der Waals surface area contributed by atoms with Crippen molar-refractivity contribution in [3.05, 3.63) is 0 Å². The van der Waals surface area contributed by atoms with E-state index < -0.39 is 0 Å². The zero-order valence-electron chi connectivity index (χ0n) is 11.0. The van der Waals surface area contributed by atoms with Crippen LogP contribution in [0, 0.1) is 0 Å². The molecule has 3 nitrogen and oxygen atoms in total. The van der Waals surface area contributed by atoms with Crippen molar-refractivity contribution in [1.29, 1.82) is 0 Å². The third-order valence-corrected chi connectivity index (χ3v) is 4.11. The van der Waals surface area contributed by atoms with Gasteiger partial charge in [0.1, 0.15) is 0 Å². The fourth-order valence-electron chi connectivity index (χ4n) is 1.96. The molecule has 1 fully saturated rings. The molecule has 0 aromatic rings. The molecule has 0 saturated carbocycles. The van der Waals surface area contributed by atoms with Crippen LogP contribution in [0.2, 0.25) is 0 Å². The largest absolute Gasteiger partial charge is 0.314 e. The smallest absolute Gasteiger partial charge is 0.0110 e. The summed E-state index contributed by atoms with van der Waals surface area (Å²) in [5.41, 5.74) is 0. The lowest BCUT2D eigenvalue weighted by Crippen LogP contribution is -2.46. The summed E-state index contributed by atoms with van der Waals surface area (Å²) >= 11 is 1.95. The van der Waals surface area contributed by atoms with E-state index in [4.69, 9.17) is 0 Å². The molecule has 1 aliphatic rings. The van der Waals surface area contributed by atoms with E-state index in [2.05, 4.69) is 35.3 Å². The second-order valence-electron chi connectivity index (χ2n) is 4.70. The fraction of sp³-hybridized carbons (Fsp3) is 1.00. The Hall–Kier alpha value is 0.230. The van der Waals surface area contributed by atoms with Gasteiger partial charge in [-0.3, -0.25) is 4.90 Å². The first-order valence-electron chi connectivity index (χ1n) is 6.36. The molecule has 0 aliphatic carbocycles. The lowest BCUT2D eigenvalue weighted by Gasteiger charge is -2.31. The predicted octanol–water partition coefficient (Wildman–Crippen LogP) is 0.965. The zero-order chi connectivity index (χ0) is 11.8. The van der Waals surface area contributed by atoms with Crippen LogP contribution in [0.25, 0.3) is 0 Å². The summed E-state index contributed by atoms with van der Waals surface area (Å²) in [6, 6.07) is 0.718. The van der Waals surface area contributed by atoms with Crippen molar-refractivity contribution in [3.8, 4) is 0 Å². The van der Waals surface area contributed by atoms with Crippen molar-refractivity contribution in [1.82, 2.24) is 15.1 Å². The number of hydrogen-bond donors (Lipinski definition) is 1. The van der Waals surface area contributed by atoms with Crippen molar-refractivity contribution in [2.75, 3.05) is 58.3 Å². The third-order valence-electron chi connectivity index (χ3n) is 3.47. The maximum atomic E-state index is 3.39. The predicted molar refractivity (Wildman–Crippen MR) is 74.4 cm³/mol. The zero-order valence-corrected chi connectivity index (χ0v) is 11.9. The van der Waals surface area contributed by atoms with Gasteiger partial charge in [-0.25, -0.2) is 0 Å². The molecule has 1 saturated heterocycles. The lowest BCUT2D eigenvalue weighted by molar-refractivity contribution is 0.181. The molecule has 4 heteroatoms. The van der Waals surface area contributed by atoms with E-state index in [0.717, 1.165) is 19.1 Å². The Labute approximate surface area is 105 Å². The first-order valence-corrected chi connectivity index (χ1v) is 7.75. The standard InChI is InChI=1S/C12H27N3S/c1-12(4-11-16-3)14(2)9-10-15-7-5-13-6-8-15/h12-13H,4-11H2,1-3H3. The van der Waals surface area contributed by atoms with Crippen LogP contribution in [-0.4, -0.2) is 74.2 Å². The molecular formula is C12H27N3S. The van der Waals surface area contributed by atoms with Crippen LogP contribution in [0.5, 0.6) is 0 Å². The first-order chi connectivity index (χ1) is 7.74. The van der Waals surface area contributed by atoms with Gasteiger partial charge in [0.15, 0.2) is 0 Å². The van der Waals surface area contributed by atoms with Gasteiger partial charge in [0.05, 0.1) is 0 Å². The number of hydrogen-bond acceptors (Lipinski definition) is 4. The number of piperazine rings is 1. The third kappa shape index (κ3) is 5.53. The van der Waals surface area contributed by atoms with Crippen LogP contribution in [0.4, 0.5) is 0 Å². The number of nitrogens with zero attached hydrogens (tertiary/aromatic N) is 2. The molecule has 0 bridgehead atoms. The van der Waals surface area contributed by atoms with Gasteiger partial charge in [-0.05, 0) is 32.4 Å². The van der Waals surface area contributed by atoms with Crippen LogP contribution in [-0.2, 0) is 0 Å². The molecule has 1 unspecified atom stereocenters. The Kier molecular flexibility index (Phi) is 7.45. The van der Waals surface area contributed by atoms with Crippen molar-refractivity contribution in [2.45, 2.75) is 19.4 Å². The summed E-state index contributed by atoms with van der Waals surface area (Å²) in [6.45, 7) is 9.52. The minimum absolute atomic E-state index is 0.718. The number of likely N-dealkylation sites (N-methyl/N-ethyl adjacent to an activating group) is 1. The summed E-state index contributed by atoms with van der Waals surface area (Å²) in [4.78, 5) is 5.06. The molecule has 0 aromatic carbocycles. The normalized spacial score (nSPS) is 20.2. The molecule has 96 valence electrons. The highest BCUT2D eigenvalue weighted by Gasteiger charge is 2.12. The van der Waals surface area contributed by atoms with Crippen LogP contribution in [0.15, 0.2) is 0 Å². The molecule has 1 aliphatic heterocycles. The van der Waals surface area contributed by atoms with Gasteiger partial charge in [0, 0.05) is 45.3 Å². The van der Waals surface area contributed by atoms with Crippen LogP contribution in [0.3, 0.4) is 0 Å². The maximum Gasteiger partial charge on any atom is 0.0110 e. The average molecular weight is 245 g/mol. The first kappa shape index (κ1) is 14.3. The molecule has 0 amide bonds. The Morgan fingerprint density at radius 1 is 1.38 bits per heavy atom. The molecule has 0 aromatic heterocycles. The Bertz CT molecular complexity index is 172. The lowest BCUT2D eigenvalue weighted by atomic mass is 10.2. The summed E-state index contributed by atoms with van der Waals surface area (Å²) in [5.74, 6) is 1.28. The minimum atomic E-state index is 0.718. The number of rotatable bonds is 7. The molecule has 1 atom stereocenters. The van der Waals surface area contributed by atoms with Crippen molar-refractivity contribution in [2.24, 2.45) is 0 Å². The minimum Gasteiger partial charge on any atom is -0.314 e. The van der Waals surface area contributed by atoms with E-state index in [-0.39, 0.29) is 0 Å².